The Labute approximate surface area is 123 Å². The van der Waals surface area contributed by atoms with Crippen LogP contribution in [-0.2, 0) is 11.3 Å². The number of amides is 1. The van der Waals surface area contributed by atoms with Crippen molar-refractivity contribution in [3.05, 3.63) is 40.7 Å². The van der Waals surface area contributed by atoms with Gasteiger partial charge in [-0.3, -0.25) is 9.69 Å². The number of hydrogen-bond acceptors (Lipinski definition) is 2. The first-order chi connectivity index (χ1) is 9.04. The van der Waals surface area contributed by atoms with Gasteiger partial charge in [-0.25, -0.2) is 0 Å². The van der Waals surface area contributed by atoms with E-state index in [9.17, 15) is 4.79 Å². The van der Waals surface area contributed by atoms with E-state index in [1.807, 2.05) is 18.2 Å². The van der Waals surface area contributed by atoms with Gasteiger partial charge < -0.3 is 5.32 Å². The van der Waals surface area contributed by atoms with Crippen LogP contribution in [0.2, 0.25) is 10.0 Å². The quantitative estimate of drug-likeness (QED) is 0.931. The second-order valence-electron chi connectivity index (χ2n) is 4.87. The highest BCUT2D eigenvalue weighted by Gasteiger charge is 2.19. The number of halogens is 2. The third kappa shape index (κ3) is 4.37. The van der Waals surface area contributed by atoms with Gasteiger partial charge in [0.15, 0.2) is 0 Å². The summed E-state index contributed by atoms with van der Waals surface area (Å²) >= 11 is 11.9. The van der Waals surface area contributed by atoms with Crippen molar-refractivity contribution in [3.63, 3.8) is 0 Å². The van der Waals surface area contributed by atoms with Crippen LogP contribution in [0.4, 0.5) is 0 Å². The summed E-state index contributed by atoms with van der Waals surface area (Å²) in [5, 5.41) is 4.05. The number of nitrogens with zero attached hydrogens (tertiary/aromatic N) is 1. The topological polar surface area (TPSA) is 32.3 Å². The third-order valence-corrected chi connectivity index (χ3v) is 4.08. The molecule has 0 saturated carbocycles. The fourth-order valence-corrected chi connectivity index (χ4v) is 2.68. The minimum Gasteiger partial charge on any atom is -0.353 e. The Morgan fingerprint density at radius 3 is 2.58 bits per heavy atom. The van der Waals surface area contributed by atoms with E-state index in [2.05, 4.69) is 17.1 Å². The zero-order valence-electron chi connectivity index (χ0n) is 10.7. The highest BCUT2D eigenvalue weighted by atomic mass is 35.5. The van der Waals surface area contributed by atoms with Gasteiger partial charge in [0, 0.05) is 32.6 Å². The van der Waals surface area contributed by atoms with Gasteiger partial charge in [0.25, 0.3) is 0 Å². The van der Waals surface area contributed by atoms with Crippen molar-refractivity contribution < 1.29 is 4.79 Å². The summed E-state index contributed by atoms with van der Waals surface area (Å²) in [5.41, 5.74) is 1.16. The molecule has 1 aromatic carbocycles. The SMILES string of the molecule is [CH2]C(=O)NC1CCN(Cc2ccc(Cl)c(Cl)c2)CC1. The predicted molar refractivity (Wildman–Crippen MR) is 78.3 cm³/mol. The van der Waals surface area contributed by atoms with Crippen LogP contribution in [0, 0.1) is 6.92 Å². The van der Waals surface area contributed by atoms with Gasteiger partial charge in [0.2, 0.25) is 5.91 Å². The highest BCUT2D eigenvalue weighted by Crippen LogP contribution is 2.24. The Morgan fingerprint density at radius 1 is 1.32 bits per heavy atom. The molecule has 1 heterocycles. The molecule has 0 unspecified atom stereocenters. The molecule has 1 aliphatic heterocycles. The molecule has 5 heteroatoms. The zero-order valence-corrected chi connectivity index (χ0v) is 12.2. The molecule has 19 heavy (non-hydrogen) atoms. The van der Waals surface area contributed by atoms with Crippen LogP contribution in [-0.4, -0.2) is 29.9 Å². The number of likely N-dealkylation sites (tertiary alicyclic amines) is 1. The van der Waals surface area contributed by atoms with Crippen LogP contribution in [0.5, 0.6) is 0 Å². The minimum atomic E-state index is -0.192. The lowest BCUT2D eigenvalue weighted by Gasteiger charge is -2.32. The molecule has 0 aliphatic carbocycles. The lowest BCUT2D eigenvalue weighted by atomic mass is 10.0. The fourth-order valence-electron chi connectivity index (χ4n) is 2.36. The molecule has 1 radical (unpaired) electrons. The van der Waals surface area contributed by atoms with E-state index in [0.29, 0.717) is 10.0 Å². The van der Waals surface area contributed by atoms with Gasteiger partial charge in [-0.05, 0) is 30.5 Å². The molecular weight excluding hydrogens is 283 g/mol. The van der Waals surface area contributed by atoms with Crippen molar-refractivity contribution in [3.8, 4) is 0 Å². The first-order valence-electron chi connectivity index (χ1n) is 6.33. The van der Waals surface area contributed by atoms with E-state index in [0.717, 1.165) is 38.0 Å². The summed E-state index contributed by atoms with van der Waals surface area (Å²) in [4.78, 5) is 13.2. The van der Waals surface area contributed by atoms with Gasteiger partial charge in [0.05, 0.1) is 10.0 Å². The second kappa shape index (κ2) is 6.60. The Hall–Kier alpha value is -0.770. The first kappa shape index (κ1) is 14.6. The highest BCUT2D eigenvalue weighted by molar-refractivity contribution is 6.42. The molecule has 1 fully saturated rings. The molecule has 1 amide bonds. The average Bonchev–Trinajstić information content (AvgIpc) is 2.36. The number of hydrogen-bond donors (Lipinski definition) is 1. The standard InChI is InChI=1S/C14H17Cl2N2O/c1-10(19)17-12-4-6-18(7-5-12)9-11-2-3-13(15)14(16)8-11/h2-3,8,12H,1,4-7,9H2,(H,17,19). The first-order valence-corrected chi connectivity index (χ1v) is 7.09. The zero-order chi connectivity index (χ0) is 13.8. The summed E-state index contributed by atoms with van der Waals surface area (Å²) in [6.07, 6.45) is 1.92. The number of carbonyl (C=O) groups is 1. The van der Waals surface area contributed by atoms with Crippen molar-refractivity contribution in [2.24, 2.45) is 0 Å². The summed E-state index contributed by atoms with van der Waals surface area (Å²) in [7, 11) is 0. The van der Waals surface area contributed by atoms with Crippen LogP contribution in [0.1, 0.15) is 18.4 Å². The van der Waals surface area contributed by atoms with Crippen LogP contribution in [0.15, 0.2) is 18.2 Å². The predicted octanol–water partition coefficient (Wildman–Crippen LogP) is 2.91. The molecule has 0 spiro atoms. The number of piperidine rings is 1. The molecule has 1 aliphatic rings. The van der Waals surface area contributed by atoms with Gasteiger partial charge in [-0.1, -0.05) is 29.3 Å². The summed E-state index contributed by atoms with van der Waals surface area (Å²) < 4.78 is 0. The smallest absolute Gasteiger partial charge is 0.220 e. The molecule has 103 valence electrons. The summed E-state index contributed by atoms with van der Waals surface area (Å²) in [6.45, 7) is 6.14. The van der Waals surface area contributed by atoms with E-state index in [1.165, 1.54) is 0 Å². The Bertz CT molecular complexity index is 457. The van der Waals surface area contributed by atoms with Crippen LogP contribution in [0.3, 0.4) is 0 Å². The van der Waals surface area contributed by atoms with Gasteiger partial charge in [-0.2, -0.15) is 0 Å². The largest absolute Gasteiger partial charge is 0.353 e. The van der Waals surface area contributed by atoms with Gasteiger partial charge in [-0.15, -0.1) is 0 Å². The molecule has 1 saturated heterocycles. The van der Waals surface area contributed by atoms with Crippen molar-refractivity contribution in [1.29, 1.82) is 0 Å². The maximum Gasteiger partial charge on any atom is 0.220 e. The van der Waals surface area contributed by atoms with Crippen LogP contribution in [0.25, 0.3) is 0 Å². The van der Waals surface area contributed by atoms with E-state index < -0.39 is 0 Å². The monoisotopic (exact) mass is 299 g/mol. The number of nitrogens with one attached hydrogen (secondary N) is 1. The molecule has 2 rings (SSSR count). The number of rotatable bonds is 3. The summed E-state index contributed by atoms with van der Waals surface area (Å²) in [6, 6.07) is 6.00. The maximum absolute atomic E-state index is 10.9. The molecule has 3 nitrogen and oxygen atoms in total. The van der Waals surface area contributed by atoms with E-state index in [4.69, 9.17) is 23.2 Å². The third-order valence-electron chi connectivity index (χ3n) is 3.34. The molecule has 1 N–H and O–H groups in total. The van der Waals surface area contributed by atoms with Crippen molar-refractivity contribution in [2.45, 2.75) is 25.4 Å². The molecule has 0 atom stereocenters. The van der Waals surface area contributed by atoms with Gasteiger partial charge >= 0.3 is 0 Å². The van der Waals surface area contributed by atoms with Crippen LogP contribution < -0.4 is 5.32 Å². The van der Waals surface area contributed by atoms with Crippen molar-refractivity contribution in [2.75, 3.05) is 13.1 Å². The van der Waals surface area contributed by atoms with Crippen molar-refractivity contribution in [1.82, 2.24) is 10.2 Å². The molecular formula is C14H17Cl2N2O. The Kier molecular flexibility index (Phi) is 5.08. The summed E-state index contributed by atoms with van der Waals surface area (Å²) in [5.74, 6) is -0.192. The second-order valence-corrected chi connectivity index (χ2v) is 5.68. The van der Waals surface area contributed by atoms with E-state index in [-0.39, 0.29) is 11.9 Å². The number of benzene rings is 1. The normalized spacial score (nSPS) is 17.4. The molecule has 0 aromatic heterocycles. The maximum atomic E-state index is 10.9. The van der Waals surface area contributed by atoms with E-state index >= 15 is 0 Å². The lowest BCUT2D eigenvalue weighted by molar-refractivity contribution is -0.117. The average molecular weight is 300 g/mol. The van der Waals surface area contributed by atoms with Crippen molar-refractivity contribution >= 4 is 29.1 Å². The minimum absolute atomic E-state index is 0.192. The van der Waals surface area contributed by atoms with E-state index in [1.54, 1.807) is 0 Å². The molecule has 1 aromatic rings. The van der Waals surface area contributed by atoms with Gasteiger partial charge in [0.1, 0.15) is 0 Å². The molecule has 0 bridgehead atoms. The Morgan fingerprint density at radius 2 is 2.00 bits per heavy atom. The number of carbonyl (C=O) groups excluding carboxylic acids is 1. The fraction of sp³-hybridized carbons (Fsp3) is 0.429. The van der Waals surface area contributed by atoms with Crippen LogP contribution >= 0.6 is 23.2 Å². The Balaban J connectivity index is 1.85. The lowest BCUT2D eigenvalue weighted by Crippen LogP contribution is -2.43.